The van der Waals surface area contributed by atoms with Gasteiger partial charge in [0.15, 0.2) is 0 Å². The Bertz CT molecular complexity index is 707. The summed E-state index contributed by atoms with van der Waals surface area (Å²) in [5, 5.41) is 0.503. The molecule has 1 heterocycles. The monoisotopic (exact) mass is 294 g/mol. The summed E-state index contributed by atoms with van der Waals surface area (Å²) in [4.78, 5) is 7.67. The fraction of sp³-hybridized carbons (Fsp3) is 0.286. The van der Waals surface area contributed by atoms with E-state index in [0.29, 0.717) is 21.1 Å². The first-order chi connectivity index (χ1) is 9.06. The molecule has 0 radical (unpaired) electrons. The second-order valence-electron chi connectivity index (χ2n) is 4.83. The average Bonchev–Trinajstić information content (AvgIpc) is 3.20. The molecule has 1 saturated carbocycles. The summed E-state index contributed by atoms with van der Waals surface area (Å²) in [6.45, 7) is 1.87. The largest absolute Gasteiger partial charge is 0.343 e. The summed E-state index contributed by atoms with van der Waals surface area (Å²) < 4.78 is 14.0. The number of rotatable bonds is 2. The Morgan fingerprint density at radius 1 is 1.42 bits per heavy atom. The van der Waals surface area contributed by atoms with Gasteiger partial charge in [0.25, 0.3) is 0 Å². The van der Waals surface area contributed by atoms with Crippen LogP contribution in [0.3, 0.4) is 0 Å². The van der Waals surface area contributed by atoms with Crippen LogP contribution < -0.4 is 0 Å². The van der Waals surface area contributed by atoms with Crippen molar-refractivity contribution in [3.63, 3.8) is 0 Å². The van der Waals surface area contributed by atoms with Gasteiger partial charge >= 0.3 is 0 Å². The SMILES string of the molecule is Cc1c(-c2cc(F)ccc2Cl)[nH]c(C2CC2)nc1=S. The Morgan fingerprint density at radius 2 is 2.16 bits per heavy atom. The summed E-state index contributed by atoms with van der Waals surface area (Å²) in [5.74, 6) is 1.02. The van der Waals surface area contributed by atoms with E-state index in [2.05, 4.69) is 9.97 Å². The van der Waals surface area contributed by atoms with E-state index in [9.17, 15) is 4.39 Å². The number of aromatic nitrogens is 2. The smallest absolute Gasteiger partial charge is 0.133 e. The van der Waals surface area contributed by atoms with Crippen molar-refractivity contribution >= 4 is 23.8 Å². The molecule has 1 fully saturated rings. The fourth-order valence-electron chi connectivity index (χ4n) is 2.06. The molecule has 0 amide bonds. The zero-order chi connectivity index (χ0) is 13.6. The van der Waals surface area contributed by atoms with Crippen molar-refractivity contribution in [2.24, 2.45) is 0 Å². The summed E-state index contributed by atoms with van der Waals surface area (Å²) in [6.07, 6.45) is 2.25. The lowest BCUT2D eigenvalue weighted by molar-refractivity contribution is 0.628. The third-order valence-corrected chi connectivity index (χ3v) is 4.06. The number of hydrogen-bond donors (Lipinski definition) is 1. The lowest BCUT2D eigenvalue weighted by atomic mass is 10.1. The Morgan fingerprint density at radius 3 is 2.84 bits per heavy atom. The van der Waals surface area contributed by atoms with Crippen LogP contribution in [0.2, 0.25) is 5.02 Å². The number of benzene rings is 1. The first-order valence-corrected chi connectivity index (χ1v) is 6.91. The number of hydrogen-bond acceptors (Lipinski definition) is 2. The molecule has 19 heavy (non-hydrogen) atoms. The lowest BCUT2D eigenvalue weighted by Crippen LogP contribution is -2.00. The number of nitrogens with zero attached hydrogens (tertiary/aromatic N) is 1. The maximum Gasteiger partial charge on any atom is 0.133 e. The summed E-state index contributed by atoms with van der Waals surface area (Å²) in [7, 11) is 0. The molecule has 5 heteroatoms. The zero-order valence-corrected chi connectivity index (χ0v) is 11.9. The maximum atomic E-state index is 13.4. The van der Waals surface area contributed by atoms with Gasteiger partial charge in [0, 0.05) is 17.0 Å². The highest BCUT2D eigenvalue weighted by atomic mass is 35.5. The molecule has 0 aliphatic heterocycles. The van der Waals surface area contributed by atoms with Gasteiger partial charge in [-0.1, -0.05) is 23.8 Å². The van der Waals surface area contributed by atoms with Crippen LogP contribution in [-0.2, 0) is 0 Å². The minimum Gasteiger partial charge on any atom is -0.343 e. The van der Waals surface area contributed by atoms with Crippen molar-refractivity contribution in [1.82, 2.24) is 9.97 Å². The van der Waals surface area contributed by atoms with Gasteiger partial charge in [0.2, 0.25) is 0 Å². The van der Waals surface area contributed by atoms with Crippen molar-refractivity contribution < 1.29 is 4.39 Å². The van der Waals surface area contributed by atoms with Gasteiger partial charge in [0.1, 0.15) is 16.3 Å². The van der Waals surface area contributed by atoms with Crippen LogP contribution in [0.15, 0.2) is 18.2 Å². The third kappa shape index (κ3) is 2.42. The molecule has 3 rings (SSSR count). The van der Waals surface area contributed by atoms with Gasteiger partial charge in [-0.05, 0) is 38.0 Å². The van der Waals surface area contributed by atoms with E-state index in [-0.39, 0.29) is 5.82 Å². The molecular weight excluding hydrogens is 283 g/mol. The van der Waals surface area contributed by atoms with Gasteiger partial charge < -0.3 is 4.98 Å². The molecule has 1 aromatic heterocycles. The van der Waals surface area contributed by atoms with E-state index >= 15 is 0 Å². The van der Waals surface area contributed by atoms with E-state index in [4.69, 9.17) is 23.8 Å². The summed E-state index contributed by atoms with van der Waals surface area (Å²) in [6, 6.07) is 4.32. The summed E-state index contributed by atoms with van der Waals surface area (Å²) in [5.41, 5.74) is 2.23. The summed E-state index contributed by atoms with van der Waals surface area (Å²) >= 11 is 11.4. The molecule has 0 spiro atoms. The van der Waals surface area contributed by atoms with E-state index < -0.39 is 0 Å². The van der Waals surface area contributed by atoms with Gasteiger partial charge in [-0.15, -0.1) is 0 Å². The number of halogens is 2. The maximum absolute atomic E-state index is 13.4. The second-order valence-corrected chi connectivity index (χ2v) is 5.62. The molecule has 1 aliphatic carbocycles. The van der Waals surface area contributed by atoms with Crippen molar-refractivity contribution in [1.29, 1.82) is 0 Å². The highest BCUT2D eigenvalue weighted by Gasteiger charge is 2.27. The van der Waals surface area contributed by atoms with Crippen molar-refractivity contribution in [2.75, 3.05) is 0 Å². The molecule has 0 bridgehead atoms. The van der Waals surface area contributed by atoms with E-state index in [0.717, 1.165) is 29.9 Å². The highest BCUT2D eigenvalue weighted by Crippen LogP contribution is 2.39. The van der Waals surface area contributed by atoms with Gasteiger partial charge in [-0.2, -0.15) is 0 Å². The zero-order valence-electron chi connectivity index (χ0n) is 10.3. The molecule has 98 valence electrons. The molecule has 1 N–H and O–H groups in total. The molecule has 1 aliphatic rings. The minimum atomic E-state index is -0.317. The van der Waals surface area contributed by atoms with Crippen LogP contribution in [0.4, 0.5) is 4.39 Å². The van der Waals surface area contributed by atoms with E-state index in [1.165, 1.54) is 12.1 Å². The third-order valence-electron chi connectivity index (χ3n) is 3.33. The van der Waals surface area contributed by atoms with Gasteiger partial charge in [-0.3, -0.25) is 0 Å². The molecule has 0 atom stereocenters. The second kappa shape index (κ2) is 4.69. The molecular formula is C14H12ClFN2S. The van der Waals surface area contributed by atoms with Gasteiger partial charge in [0.05, 0.1) is 10.7 Å². The van der Waals surface area contributed by atoms with E-state index in [1.54, 1.807) is 6.07 Å². The first kappa shape index (κ1) is 12.8. The molecule has 0 saturated heterocycles. The molecule has 2 nitrogen and oxygen atoms in total. The standard InChI is InChI=1S/C14H12ClFN2S/c1-7-12(10-6-9(16)4-5-11(10)15)17-13(8-2-3-8)18-14(7)19/h4-6,8H,2-3H2,1H3,(H,17,18,19). The van der Waals surface area contributed by atoms with Crippen molar-refractivity contribution in [3.05, 3.63) is 45.1 Å². The van der Waals surface area contributed by atoms with Gasteiger partial charge in [-0.25, -0.2) is 9.37 Å². The van der Waals surface area contributed by atoms with Crippen LogP contribution in [0.5, 0.6) is 0 Å². The van der Waals surface area contributed by atoms with Crippen LogP contribution in [0, 0.1) is 17.4 Å². The van der Waals surface area contributed by atoms with Crippen LogP contribution >= 0.6 is 23.8 Å². The Balaban J connectivity index is 2.23. The molecule has 0 unspecified atom stereocenters. The Kier molecular flexibility index (Phi) is 3.15. The van der Waals surface area contributed by atoms with Crippen molar-refractivity contribution in [2.45, 2.75) is 25.7 Å². The first-order valence-electron chi connectivity index (χ1n) is 6.12. The van der Waals surface area contributed by atoms with Crippen LogP contribution in [-0.4, -0.2) is 9.97 Å². The molecule has 2 aromatic rings. The number of aromatic amines is 1. The predicted octanol–water partition coefficient (Wildman–Crippen LogP) is 4.78. The van der Waals surface area contributed by atoms with E-state index in [1.807, 2.05) is 6.92 Å². The fourth-order valence-corrected chi connectivity index (χ4v) is 2.47. The topological polar surface area (TPSA) is 28.7 Å². The Hall–Kier alpha value is -1.26. The average molecular weight is 295 g/mol. The minimum absolute atomic E-state index is 0.317. The normalized spacial score (nSPS) is 14.7. The van der Waals surface area contributed by atoms with Crippen LogP contribution in [0.25, 0.3) is 11.3 Å². The number of nitrogens with one attached hydrogen (secondary N) is 1. The number of H-pyrrole nitrogens is 1. The lowest BCUT2D eigenvalue weighted by Gasteiger charge is -2.11. The Labute approximate surface area is 120 Å². The molecule has 1 aromatic carbocycles. The van der Waals surface area contributed by atoms with Crippen LogP contribution in [0.1, 0.15) is 30.1 Å². The quantitative estimate of drug-likeness (QED) is 0.807. The van der Waals surface area contributed by atoms with Crippen molar-refractivity contribution in [3.8, 4) is 11.3 Å². The highest BCUT2D eigenvalue weighted by molar-refractivity contribution is 7.71. The predicted molar refractivity (Wildman–Crippen MR) is 76.5 cm³/mol.